The molecule has 6 unspecified atom stereocenters. The standard InChI is InChI=1S/C30H76O20Si8.C18H47NO15Si6/c1-19-24-54(38-9,39-10)49-58(44-15,45-16)50-55(40-11,48-56(41-12,46-51(17,31-2)32-3)27-26-53(35-6,36-7)37-8)25-23-29-21-20-22-30(28-29)57(42-13,43-14)47-52(18,33-4)34-5;1-20-35(12,21-2)31-39(28-9,18-17-37(23-4,24-5)25-6)32-36(13,22-3)33-40(29-10,30-11)34-38(26-7,27-8)16-14-15-19/h29-30H,19-28H2,1-18H3;14,16-18H2,1-13H3. The van der Waals surface area contributed by atoms with Crippen molar-refractivity contribution < 1.29 is 152 Å². The summed E-state index contributed by atoms with van der Waals surface area (Å²) in [4.78, 5) is 0. The quantitative estimate of drug-likeness (QED) is 0.0643. The molecule has 0 bridgehead atoms. The van der Waals surface area contributed by atoms with E-state index in [1.165, 1.54) is 156 Å². The van der Waals surface area contributed by atoms with Crippen LogP contribution in [0, 0.1) is 17.2 Å². The molecule has 1 aliphatic carbocycles. The van der Waals surface area contributed by atoms with Crippen LogP contribution in [0.25, 0.3) is 0 Å². The Kier molecular flexibility index (Phi) is 47.0. The van der Waals surface area contributed by atoms with Crippen LogP contribution >= 0.6 is 0 Å². The summed E-state index contributed by atoms with van der Waals surface area (Å²) in [7, 11) is -11.5. The third kappa shape index (κ3) is 28.3. The number of nitriles is 1. The molecule has 0 N–H and O–H groups in total. The van der Waals surface area contributed by atoms with Gasteiger partial charge in [0, 0.05) is 265 Å². The van der Waals surface area contributed by atoms with Crippen molar-refractivity contribution >= 4 is 124 Å². The van der Waals surface area contributed by atoms with E-state index in [0.29, 0.717) is 18.9 Å². The van der Waals surface area contributed by atoms with Crippen molar-refractivity contribution in [1.82, 2.24) is 0 Å². The van der Waals surface area contributed by atoms with E-state index in [1.807, 2.05) is 13.5 Å². The molecular formula is C48H123NO35Si14. The molecule has 0 radical (unpaired) electrons. The normalized spacial score (nSPS) is 18.5. The topological polar surface area (TPSA) is 347 Å². The molecule has 0 aromatic carbocycles. The van der Waals surface area contributed by atoms with Gasteiger partial charge in [-0.05, 0) is 25.2 Å². The Bertz CT molecular complexity index is 2140. The number of hydrogen-bond donors (Lipinski definition) is 0. The largest absolute Gasteiger partial charge is 0.664 e. The molecule has 50 heteroatoms. The Morgan fingerprint density at radius 2 is 0.592 bits per heavy atom. The first-order chi connectivity index (χ1) is 46.2. The van der Waals surface area contributed by atoms with Gasteiger partial charge in [0.25, 0.3) is 0 Å². The van der Waals surface area contributed by atoms with E-state index in [0.717, 1.165) is 25.7 Å². The van der Waals surface area contributed by atoms with Crippen LogP contribution in [0.1, 0.15) is 51.9 Å². The molecule has 0 aromatic rings. The Morgan fingerprint density at radius 1 is 0.286 bits per heavy atom. The molecule has 0 amide bonds. The number of nitrogens with zero attached hydrogens (tertiary/aromatic N) is 1. The summed E-state index contributed by atoms with van der Waals surface area (Å²) < 4.78 is 211. The fourth-order valence-corrected chi connectivity index (χ4v) is 57.3. The van der Waals surface area contributed by atoms with Crippen LogP contribution in [0.3, 0.4) is 0 Å². The molecule has 0 saturated heterocycles. The summed E-state index contributed by atoms with van der Waals surface area (Å²) in [5.41, 5.74) is -0.0428. The average Bonchev–Trinajstić information content (AvgIpc) is 0.786. The lowest BCUT2D eigenvalue weighted by Gasteiger charge is -2.44. The highest BCUT2D eigenvalue weighted by atomic mass is 28.5. The number of rotatable bonds is 58. The second-order valence-electron chi connectivity index (χ2n) is 21.7. The fourth-order valence-electron chi connectivity index (χ4n) is 10.1. The van der Waals surface area contributed by atoms with Crippen LogP contribution in [0.4, 0.5) is 0 Å². The van der Waals surface area contributed by atoms with Crippen molar-refractivity contribution in [1.29, 1.82) is 5.26 Å². The zero-order chi connectivity index (χ0) is 75.5. The van der Waals surface area contributed by atoms with Gasteiger partial charge in [0.05, 0.1) is 6.07 Å². The minimum atomic E-state index is -4.22. The lowest BCUT2D eigenvalue weighted by molar-refractivity contribution is 0.00523. The van der Waals surface area contributed by atoms with Crippen molar-refractivity contribution in [3.63, 3.8) is 0 Å². The lowest BCUT2D eigenvalue weighted by Crippen LogP contribution is -2.69. The van der Waals surface area contributed by atoms with Gasteiger partial charge in [-0.15, -0.1) is 0 Å². The number of hydrogen-bond acceptors (Lipinski definition) is 36. The molecule has 1 saturated carbocycles. The van der Waals surface area contributed by atoms with Crippen LogP contribution in [-0.4, -0.2) is 309 Å². The van der Waals surface area contributed by atoms with E-state index in [9.17, 15) is 0 Å². The first kappa shape index (κ1) is 99.1. The van der Waals surface area contributed by atoms with Crippen molar-refractivity contribution in [2.45, 2.75) is 126 Å². The van der Waals surface area contributed by atoms with Gasteiger partial charge in [0.15, 0.2) is 0 Å². The predicted molar refractivity (Wildman–Crippen MR) is 381 cm³/mol. The third-order valence-corrected chi connectivity index (χ3v) is 64.5. The maximum absolute atomic E-state index is 9.13. The SMILES string of the molecule is CCC[Si](OC)(OC)O[Si](OC)(OC)O[Si](CCC1CCCC([Si](OC)(OC)O[Si](C)(OC)OC)C1)(OC)O[Si](CC[Si](OC)(OC)OC)(OC)O[Si](C)(OC)OC.CO[Si](C)(OC)O[Si](CC[Si](OC)(OC)OC)(OC)O[Si](C)(OC)O[Si](OC)(OC)O[Si](CCC#N)(OC)OC. The van der Waals surface area contributed by atoms with E-state index in [-0.39, 0.29) is 54.1 Å². The lowest BCUT2D eigenvalue weighted by atomic mass is 9.87. The highest BCUT2D eigenvalue weighted by Gasteiger charge is 2.67. The Labute approximate surface area is 600 Å². The second-order valence-corrected chi connectivity index (χ2v) is 63.7. The molecular weight excluding hydrogens is 1540 g/mol. The summed E-state index contributed by atoms with van der Waals surface area (Å²) in [6, 6.07) is 3.73. The summed E-state index contributed by atoms with van der Waals surface area (Å²) in [5.74, 6) is 0.132. The third-order valence-electron chi connectivity index (χ3n) is 16.7. The monoisotopic (exact) mass is 1670 g/mol. The van der Waals surface area contributed by atoms with Gasteiger partial charge in [-0.1, -0.05) is 26.2 Å². The second kappa shape index (κ2) is 46.5. The minimum absolute atomic E-state index is 0.0428. The molecule has 1 rings (SSSR count). The summed E-state index contributed by atoms with van der Waals surface area (Å²) in [6.07, 6.45) is 4.74. The average molecular weight is 1670 g/mol. The van der Waals surface area contributed by atoms with Gasteiger partial charge in [-0.2, -0.15) is 5.26 Å². The Balaban J connectivity index is 0.00000206. The van der Waals surface area contributed by atoms with E-state index >= 15 is 0 Å². The smallest absolute Gasteiger partial charge is 0.378 e. The molecule has 0 spiro atoms. The van der Waals surface area contributed by atoms with Gasteiger partial charge >= 0.3 is 124 Å². The zero-order valence-corrected chi connectivity index (χ0v) is 78.3. The van der Waals surface area contributed by atoms with Crippen LogP contribution in [0.15, 0.2) is 0 Å². The maximum Gasteiger partial charge on any atom is 0.664 e. The molecule has 1 fully saturated rings. The van der Waals surface area contributed by atoms with Crippen LogP contribution < -0.4 is 0 Å². The first-order valence-electron chi connectivity index (χ1n) is 31.2. The molecule has 6 atom stereocenters. The van der Waals surface area contributed by atoms with E-state index in [2.05, 4.69) is 6.07 Å². The molecule has 1 aliphatic rings. The Hall–Kier alpha value is 1.13. The molecule has 0 heterocycles. The van der Waals surface area contributed by atoms with Crippen LogP contribution in [0.5, 0.6) is 0 Å². The summed E-state index contributed by atoms with van der Waals surface area (Å²) in [6.45, 7) is 8.85. The van der Waals surface area contributed by atoms with Crippen LogP contribution in [-0.2, 0) is 152 Å². The first-order valence-corrected chi connectivity index (χ1v) is 58.7. The molecule has 586 valence electrons. The summed E-state index contributed by atoms with van der Waals surface area (Å²) in [5, 5.41) is 9.13. The van der Waals surface area contributed by atoms with Gasteiger partial charge in [-0.25, -0.2) is 0 Å². The van der Waals surface area contributed by atoms with Gasteiger partial charge in [0.2, 0.25) is 0 Å². The molecule has 36 nitrogen and oxygen atoms in total. The summed E-state index contributed by atoms with van der Waals surface area (Å²) >= 11 is 0. The Morgan fingerprint density at radius 3 is 0.918 bits per heavy atom. The maximum atomic E-state index is 9.13. The van der Waals surface area contributed by atoms with Gasteiger partial charge in [0.1, 0.15) is 0 Å². The van der Waals surface area contributed by atoms with E-state index < -0.39 is 124 Å². The van der Waals surface area contributed by atoms with E-state index in [1.54, 1.807) is 48.1 Å². The highest BCUT2D eigenvalue weighted by Crippen LogP contribution is 2.46. The molecule has 98 heavy (non-hydrogen) atoms. The fraction of sp³-hybridized carbons (Fsp3) is 0.979. The predicted octanol–water partition coefficient (Wildman–Crippen LogP) is 5.86. The van der Waals surface area contributed by atoms with Crippen molar-refractivity contribution in [3.05, 3.63) is 0 Å². The molecule has 0 aliphatic heterocycles. The molecule has 0 aromatic heterocycles. The van der Waals surface area contributed by atoms with Gasteiger partial charge in [-0.3, -0.25) is 0 Å². The highest BCUT2D eigenvalue weighted by molar-refractivity contribution is 6.86. The zero-order valence-electron chi connectivity index (χ0n) is 64.3. The van der Waals surface area contributed by atoms with Crippen molar-refractivity contribution in [2.24, 2.45) is 5.92 Å². The minimum Gasteiger partial charge on any atom is -0.378 e. The van der Waals surface area contributed by atoms with Gasteiger partial charge < -0.3 is 152 Å². The van der Waals surface area contributed by atoms with E-state index in [4.69, 9.17) is 157 Å². The van der Waals surface area contributed by atoms with Crippen molar-refractivity contribution in [3.8, 4) is 6.07 Å². The van der Waals surface area contributed by atoms with Crippen LogP contribution in [0.2, 0.25) is 74.0 Å². The van der Waals surface area contributed by atoms with Crippen molar-refractivity contribution in [2.75, 3.05) is 185 Å².